The Morgan fingerprint density at radius 2 is 2.11 bits per heavy atom. The molecule has 1 saturated heterocycles. The highest BCUT2D eigenvalue weighted by atomic mass is 16.3. The van der Waals surface area contributed by atoms with E-state index in [0.717, 1.165) is 21.4 Å². The minimum absolute atomic E-state index is 0.272. The molecule has 2 heterocycles. The van der Waals surface area contributed by atoms with Gasteiger partial charge >= 0.3 is 6.03 Å². The van der Waals surface area contributed by atoms with Crippen LogP contribution in [0.5, 0.6) is 0 Å². The summed E-state index contributed by atoms with van der Waals surface area (Å²) in [5.74, 6) is -0.334. The van der Waals surface area contributed by atoms with E-state index < -0.39 is 6.03 Å². The van der Waals surface area contributed by atoms with Gasteiger partial charge in [0.05, 0.1) is 6.26 Å². The molecule has 0 radical (unpaired) electrons. The first kappa shape index (κ1) is 10.6. The molecule has 90 valence electrons. The van der Waals surface area contributed by atoms with Crippen LogP contribution in [-0.4, -0.2) is 23.9 Å². The van der Waals surface area contributed by atoms with Gasteiger partial charge in [-0.1, -0.05) is 12.1 Å². The summed E-state index contributed by atoms with van der Waals surface area (Å²) in [6, 6.07) is 7.03. The molecule has 2 aromatic rings. The second-order valence-corrected chi connectivity index (χ2v) is 4.07. The lowest BCUT2D eigenvalue weighted by Gasteiger charge is -1.99. The minimum Gasteiger partial charge on any atom is -0.464 e. The third-order valence-electron chi connectivity index (χ3n) is 2.87. The Bertz CT molecular complexity index is 684. The Balaban J connectivity index is 2.00. The van der Waals surface area contributed by atoms with Crippen molar-refractivity contribution in [3.05, 3.63) is 41.8 Å². The Morgan fingerprint density at radius 1 is 1.28 bits per heavy atom. The van der Waals surface area contributed by atoms with Crippen molar-refractivity contribution in [2.75, 3.05) is 7.05 Å². The van der Waals surface area contributed by atoms with Crippen LogP contribution in [0.15, 0.2) is 40.6 Å². The molecule has 1 N–H and O–H groups in total. The average Bonchev–Trinajstić information content (AvgIpc) is 2.91. The molecule has 1 fully saturated rings. The van der Waals surface area contributed by atoms with Gasteiger partial charge < -0.3 is 9.73 Å². The highest BCUT2D eigenvalue weighted by molar-refractivity contribution is 6.13. The largest absolute Gasteiger partial charge is 0.464 e. The zero-order chi connectivity index (χ0) is 12.7. The SMILES string of the molecule is CN1C(=O)N/C(=C\c2ccc3ccoc3c2)C1=O. The molecule has 5 heteroatoms. The highest BCUT2D eigenvalue weighted by Gasteiger charge is 2.29. The first-order valence-corrected chi connectivity index (χ1v) is 5.43. The number of carbonyl (C=O) groups is 2. The summed E-state index contributed by atoms with van der Waals surface area (Å²) < 4.78 is 5.28. The second kappa shape index (κ2) is 3.73. The maximum atomic E-state index is 11.7. The number of hydrogen-bond donors (Lipinski definition) is 1. The van der Waals surface area contributed by atoms with Gasteiger partial charge in [0.25, 0.3) is 5.91 Å². The van der Waals surface area contributed by atoms with Crippen LogP contribution in [0.25, 0.3) is 17.0 Å². The van der Waals surface area contributed by atoms with E-state index in [1.54, 1.807) is 12.3 Å². The first-order chi connectivity index (χ1) is 8.65. The predicted octanol–water partition coefficient (Wildman–Crippen LogP) is 1.96. The van der Waals surface area contributed by atoms with Crippen molar-refractivity contribution in [1.82, 2.24) is 10.2 Å². The summed E-state index contributed by atoms with van der Waals surface area (Å²) in [5.41, 5.74) is 1.82. The van der Waals surface area contributed by atoms with Gasteiger partial charge in [-0.2, -0.15) is 0 Å². The van der Waals surface area contributed by atoms with E-state index >= 15 is 0 Å². The first-order valence-electron chi connectivity index (χ1n) is 5.43. The molecule has 3 amide bonds. The number of amides is 3. The fraction of sp³-hybridized carbons (Fsp3) is 0.0769. The number of carbonyl (C=O) groups excluding carboxylic acids is 2. The molecule has 0 unspecified atom stereocenters. The zero-order valence-corrected chi connectivity index (χ0v) is 9.64. The summed E-state index contributed by atoms with van der Waals surface area (Å²) in [5, 5.41) is 3.51. The van der Waals surface area contributed by atoms with Crippen LogP contribution in [0.2, 0.25) is 0 Å². The summed E-state index contributed by atoms with van der Waals surface area (Å²) in [6.07, 6.45) is 3.24. The van der Waals surface area contributed by atoms with Crippen LogP contribution in [0.1, 0.15) is 5.56 Å². The molecule has 1 aromatic heterocycles. The van der Waals surface area contributed by atoms with Gasteiger partial charge in [-0.25, -0.2) is 4.79 Å². The predicted molar refractivity (Wildman–Crippen MR) is 65.5 cm³/mol. The molecule has 0 spiro atoms. The maximum absolute atomic E-state index is 11.7. The lowest BCUT2D eigenvalue weighted by Crippen LogP contribution is -2.25. The molecule has 1 aliphatic heterocycles. The number of urea groups is 1. The molecule has 0 atom stereocenters. The lowest BCUT2D eigenvalue weighted by molar-refractivity contribution is -0.121. The van der Waals surface area contributed by atoms with E-state index in [0.29, 0.717) is 0 Å². The Morgan fingerprint density at radius 3 is 2.83 bits per heavy atom. The third kappa shape index (κ3) is 1.57. The summed E-state index contributed by atoms with van der Waals surface area (Å²) in [6.45, 7) is 0. The minimum atomic E-state index is -0.412. The highest BCUT2D eigenvalue weighted by Crippen LogP contribution is 2.19. The van der Waals surface area contributed by atoms with Crippen molar-refractivity contribution in [1.29, 1.82) is 0 Å². The zero-order valence-electron chi connectivity index (χ0n) is 9.64. The second-order valence-electron chi connectivity index (χ2n) is 4.07. The molecular formula is C13H10N2O3. The number of hydrogen-bond acceptors (Lipinski definition) is 3. The number of benzene rings is 1. The van der Waals surface area contributed by atoms with Crippen molar-refractivity contribution in [3.8, 4) is 0 Å². The van der Waals surface area contributed by atoms with Gasteiger partial charge in [-0.3, -0.25) is 9.69 Å². The smallest absolute Gasteiger partial charge is 0.328 e. The van der Waals surface area contributed by atoms with Crippen LogP contribution < -0.4 is 5.32 Å². The Kier molecular flexibility index (Phi) is 2.19. The number of nitrogens with one attached hydrogen (secondary N) is 1. The van der Waals surface area contributed by atoms with Crippen LogP contribution in [0, 0.1) is 0 Å². The third-order valence-corrected chi connectivity index (χ3v) is 2.87. The normalized spacial score (nSPS) is 17.8. The van der Waals surface area contributed by atoms with E-state index in [4.69, 9.17) is 4.42 Å². The number of rotatable bonds is 1. The molecule has 3 rings (SSSR count). The molecule has 18 heavy (non-hydrogen) atoms. The summed E-state index contributed by atoms with van der Waals surface area (Å²) >= 11 is 0. The quantitative estimate of drug-likeness (QED) is 0.614. The van der Waals surface area contributed by atoms with Crippen LogP contribution >= 0.6 is 0 Å². The molecular weight excluding hydrogens is 232 g/mol. The molecule has 1 aromatic carbocycles. The fourth-order valence-electron chi connectivity index (χ4n) is 1.85. The van der Waals surface area contributed by atoms with Crippen molar-refractivity contribution in [2.24, 2.45) is 0 Å². The van der Waals surface area contributed by atoms with Gasteiger partial charge in [0, 0.05) is 12.4 Å². The van der Waals surface area contributed by atoms with Crippen molar-refractivity contribution < 1.29 is 14.0 Å². The average molecular weight is 242 g/mol. The maximum Gasteiger partial charge on any atom is 0.328 e. The molecule has 0 saturated carbocycles. The molecule has 0 aliphatic carbocycles. The number of fused-ring (bicyclic) bond motifs is 1. The monoisotopic (exact) mass is 242 g/mol. The van der Waals surface area contributed by atoms with Gasteiger partial charge in [0.2, 0.25) is 0 Å². The summed E-state index contributed by atoms with van der Waals surface area (Å²) in [7, 11) is 1.44. The topological polar surface area (TPSA) is 62.6 Å². The van der Waals surface area contributed by atoms with E-state index in [9.17, 15) is 9.59 Å². The van der Waals surface area contributed by atoms with Crippen LogP contribution in [-0.2, 0) is 4.79 Å². The fourth-order valence-corrected chi connectivity index (χ4v) is 1.85. The van der Waals surface area contributed by atoms with Crippen molar-refractivity contribution in [2.45, 2.75) is 0 Å². The molecule has 0 bridgehead atoms. The van der Waals surface area contributed by atoms with Gasteiger partial charge in [0.1, 0.15) is 11.3 Å². The number of likely N-dealkylation sites (N-methyl/N-ethyl adjacent to an activating group) is 1. The standard InChI is InChI=1S/C13H10N2O3/c1-15-12(16)10(14-13(15)17)6-8-2-3-9-4-5-18-11(9)7-8/h2-7H,1H3,(H,14,17)/b10-6-. The summed E-state index contributed by atoms with van der Waals surface area (Å²) in [4.78, 5) is 24.0. The van der Waals surface area contributed by atoms with Gasteiger partial charge in [-0.05, 0) is 23.8 Å². The Hall–Kier alpha value is -2.56. The van der Waals surface area contributed by atoms with Crippen molar-refractivity contribution in [3.63, 3.8) is 0 Å². The molecule has 1 aliphatic rings. The van der Waals surface area contributed by atoms with Crippen LogP contribution in [0.4, 0.5) is 4.79 Å². The number of nitrogens with zero attached hydrogens (tertiary/aromatic N) is 1. The van der Waals surface area contributed by atoms with Crippen LogP contribution in [0.3, 0.4) is 0 Å². The van der Waals surface area contributed by atoms with Gasteiger partial charge in [-0.15, -0.1) is 0 Å². The van der Waals surface area contributed by atoms with E-state index in [1.165, 1.54) is 7.05 Å². The molecule has 5 nitrogen and oxygen atoms in total. The van der Waals surface area contributed by atoms with E-state index in [1.807, 2.05) is 24.3 Å². The van der Waals surface area contributed by atoms with E-state index in [2.05, 4.69) is 5.32 Å². The van der Waals surface area contributed by atoms with E-state index in [-0.39, 0.29) is 11.6 Å². The number of imide groups is 1. The van der Waals surface area contributed by atoms with Crippen molar-refractivity contribution >= 4 is 29.0 Å². The van der Waals surface area contributed by atoms with Gasteiger partial charge in [0.15, 0.2) is 0 Å². The Labute approximate surface area is 103 Å². The number of furan rings is 1. The lowest BCUT2D eigenvalue weighted by atomic mass is 10.1.